The Bertz CT molecular complexity index is 203. The van der Waals surface area contributed by atoms with Crippen LogP contribution in [0.2, 0.25) is 0 Å². The normalized spacial score (nSPS) is 21.7. The molecule has 0 aromatic rings. The summed E-state index contributed by atoms with van der Waals surface area (Å²) in [4.78, 5) is 14.1. The van der Waals surface area contributed by atoms with Crippen molar-refractivity contribution in [3.8, 4) is 0 Å². The van der Waals surface area contributed by atoms with Gasteiger partial charge in [0.05, 0.1) is 6.04 Å². The Labute approximate surface area is 97.0 Å². The molecule has 1 heterocycles. The van der Waals surface area contributed by atoms with Crippen LogP contribution in [0.4, 0.5) is 0 Å². The van der Waals surface area contributed by atoms with E-state index in [2.05, 4.69) is 26.1 Å². The second-order valence-electron chi connectivity index (χ2n) is 4.35. The molecule has 1 aliphatic rings. The molecule has 1 saturated heterocycles. The standard InChI is InChI=1S/C11H22N2OS/c1-4-13(7-9(2)3)11(14)10-8-15-6-5-12-10/h9-10,12H,4-8H2,1-3H3. The molecule has 88 valence electrons. The molecule has 1 fully saturated rings. The van der Waals surface area contributed by atoms with Crippen molar-refractivity contribution in [1.82, 2.24) is 10.2 Å². The summed E-state index contributed by atoms with van der Waals surface area (Å²) < 4.78 is 0. The molecule has 1 amide bonds. The molecule has 0 aromatic heterocycles. The first-order chi connectivity index (χ1) is 7.15. The zero-order chi connectivity index (χ0) is 11.3. The first-order valence-electron chi connectivity index (χ1n) is 5.75. The summed E-state index contributed by atoms with van der Waals surface area (Å²) in [5.41, 5.74) is 0. The van der Waals surface area contributed by atoms with Gasteiger partial charge in [0, 0.05) is 31.1 Å². The minimum atomic E-state index is 0.0439. The number of likely N-dealkylation sites (N-methyl/N-ethyl adjacent to an activating group) is 1. The lowest BCUT2D eigenvalue weighted by Crippen LogP contribution is -2.51. The van der Waals surface area contributed by atoms with Gasteiger partial charge >= 0.3 is 0 Å². The molecule has 0 aromatic carbocycles. The first-order valence-corrected chi connectivity index (χ1v) is 6.90. The predicted molar refractivity (Wildman–Crippen MR) is 66.2 cm³/mol. The van der Waals surface area contributed by atoms with Gasteiger partial charge in [0.15, 0.2) is 0 Å². The van der Waals surface area contributed by atoms with Crippen molar-refractivity contribution >= 4 is 17.7 Å². The Hall–Kier alpha value is -0.220. The third-order valence-corrected chi connectivity index (χ3v) is 3.56. The van der Waals surface area contributed by atoms with Crippen LogP contribution in [-0.4, -0.2) is 48.0 Å². The van der Waals surface area contributed by atoms with Crippen LogP contribution in [0.15, 0.2) is 0 Å². The number of rotatable bonds is 4. The lowest BCUT2D eigenvalue weighted by molar-refractivity contribution is -0.133. The molecule has 0 spiro atoms. The van der Waals surface area contributed by atoms with Crippen LogP contribution >= 0.6 is 11.8 Å². The molecular formula is C11H22N2OS. The summed E-state index contributed by atoms with van der Waals surface area (Å²) in [6.07, 6.45) is 0. The van der Waals surface area contributed by atoms with Crippen LogP contribution in [0, 0.1) is 5.92 Å². The highest BCUT2D eigenvalue weighted by Gasteiger charge is 2.25. The van der Waals surface area contributed by atoms with E-state index >= 15 is 0 Å². The van der Waals surface area contributed by atoms with Crippen molar-refractivity contribution in [1.29, 1.82) is 0 Å². The fourth-order valence-corrected chi connectivity index (χ4v) is 2.69. The highest BCUT2D eigenvalue weighted by Crippen LogP contribution is 2.11. The second-order valence-corrected chi connectivity index (χ2v) is 5.50. The van der Waals surface area contributed by atoms with Crippen LogP contribution in [0.1, 0.15) is 20.8 Å². The molecule has 1 aliphatic heterocycles. The highest BCUT2D eigenvalue weighted by atomic mass is 32.2. The molecule has 1 atom stereocenters. The van der Waals surface area contributed by atoms with Gasteiger partial charge in [-0.05, 0) is 12.8 Å². The molecule has 15 heavy (non-hydrogen) atoms. The summed E-state index contributed by atoms with van der Waals surface area (Å²) in [5, 5.41) is 3.29. The van der Waals surface area contributed by atoms with E-state index in [0.717, 1.165) is 31.1 Å². The van der Waals surface area contributed by atoms with Gasteiger partial charge in [-0.2, -0.15) is 11.8 Å². The Morgan fingerprint density at radius 3 is 2.80 bits per heavy atom. The minimum absolute atomic E-state index is 0.0439. The summed E-state index contributed by atoms with van der Waals surface area (Å²) in [6, 6.07) is 0.0439. The molecule has 0 saturated carbocycles. The number of nitrogens with one attached hydrogen (secondary N) is 1. The Morgan fingerprint density at radius 2 is 2.33 bits per heavy atom. The predicted octanol–water partition coefficient (Wildman–Crippen LogP) is 1.20. The fourth-order valence-electron chi connectivity index (χ4n) is 1.76. The number of carbonyl (C=O) groups is 1. The maximum atomic E-state index is 12.1. The van der Waals surface area contributed by atoms with Crippen LogP contribution in [0.5, 0.6) is 0 Å². The van der Waals surface area contributed by atoms with E-state index in [1.807, 2.05) is 16.7 Å². The fraction of sp³-hybridized carbons (Fsp3) is 0.909. The zero-order valence-electron chi connectivity index (χ0n) is 9.95. The van der Waals surface area contributed by atoms with Crippen LogP contribution in [0.25, 0.3) is 0 Å². The quantitative estimate of drug-likeness (QED) is 0.787. The van der Waals surface area contributed by atoms with E-state index in [4.69, 9.17) is 0 Å². The van der Waals surface area contributed by atoms with Crippen LogP contribution < -0.4 is 5.32 Å². The lowest BCUT2D eigenvalue weighted by Gasteiger charge is -2.30. The van der Waals surface area contributed by atoms with E-state index in [1.54, 1.807) is 0 Å². The van der Waals surface area contributed by atoms with Gasteiger partial charge in [0.2, 0.25) is 5.91 Å². The van der Waals surface area contributed by atoms with E-state index in [0.29, 0.717) is 5.92 Å². The van der Waals surface area contributed by atoms with Crippen molar-refractivity contribution in [2.75, 3.05) is 31.1 Å². The molecule has 3 nitrogen and oxygen atoms in total. The van der Waals surface area contributed by atoms with Crippen molar-refractivity contribution in [3.05, 3.63) is 0 Å². The smallest absolute Gasteiger partial charge is 0.240 e. The Balaban J connectivity index is 2.47. The number of hydrogen-bond donors (Lipinski definition) is 1. The van der Waals surface area contributed by atoms with Crippen molar-refractivity contribution < 1.29 is 4.79 Å². The average molecular weight is 230 g/mol. The maximum Gasteiger partial charge on any atom is 0.240 e. The van der Waals surface area contributed by atoms with E-state index in [-0.39, 0.29) is 11.9 Å². The molecule has 4 heteroatoms. The molecule has 0 radical (unpaired) electrons. The highest BCUT2D eigenvalue weighted by molar-refractivity contribution is 7.99. The molecule has 0 aliphatic carbocycles. The zero-order valence-corrected chi connectivity index (χ0v) is 10.8. The number of thioether (sulfide) groups is 1. The van der Waals surface area contributed by atoms with Crippen LogP contribution in [-0.2, 0) is 4.79 Å². The van der Waals surface area contributed by atoms with E-state index in [1.165, 1.54) is 0 Å². The summed E-state index contributed by atoms with van der Waals surface area (Å²) in [7, 11) is 0. The van der Waals surface area contributed by atoms with Gasteiger partial charge in [-0.1, -0.05) is 13.8 Å². The monoisotopic (exact) mass is 230 g/mol. The number of carbonyl (C=O) groups excluding carboxylic acids is 1. The van der Waals surface area contributed by atoms with Gasteiger partial charge in [-0.3, -0.25) is 4.79 Å². The van der Waals surface area contributed by atoms with E-state index < -0.39 is 0 Å². The SMILES string of the molecule is CCN(CC(C)C)C(=O)C1CSCCN1. The average Bonchev–Trinajstić information content (AvgIpc) is 2.26. The summed E-state index contributed by atoms with van der Waals surface area (Å²) >= 11 is 1.87. The minimum Gasteiger partial charge on any atom is -0.341 e. The van der Waals surface area contributed by atoms with Gasteiger partial charge in [0.1, 0.15) is 0 Å². The molecule has 1 rings (SSSR count). The van der Waals surface area contributed by atoms with Gasteiger partial charge < -0.3 is 10.2 Å². The van der Waals surface area contributed by atoms with Crippen molar-refractivity contribution in [3.63, 3.8) is 0 Å². The van der Waals surface area contributed by atoms with E-state index in [9.17, 15) is 4.79 Å². The second kappa shape index (κ2) is 6.38. The first kappa shape index (κ1) is 12.8. The lowest BCUT2D eigenvalue weighted by atomic mass is 10.2. The largest absolute Gasteiger partial charge is 0.341 e. The van der Waals surface area contributed by atoms with Crippen molar-refractivity contribution in [2.45, 2.75) is 26.8 Å². The summed E-state index contributed by atoms with van der Waals surface area (Å²) in [5.74, 6) is 2.87. The Kier molecular flexibility index (Phi) is 5.47. The molecular weight excluding hydrogens is 208 g/mol. The number of nitrogens with zero attached hydrogens (tertiary/aromatic N) is 1. The Morgan fingerprint density at radius 1 is 1.60 bits per heavy atom. The third-order valence-electron chi connectivity index (χ3n) is 2.50. The number of amides is 1. The molecule has 0 bridgehead atoms. The van der Waals surface area contributed by atoms with Gasteiger partial charge in [-0.15, -0.1) is 0 Å². The maximum absolute atomic E-state index is 12.1. The molecule has 1 N–H and O–H groups in total. The topological polar surface area (TPSA) is 32.3 Å². The summed E-state index contributed by atoms with van der Waals surface area (Å²) in [6.45, 7) is 9.01. The van der Waals surface area contributed by atoms with Crippen LogP contribution in [0.3, 0.4) is 0 Å². The van der Waals surface area contributed by atoms with Gasteiger partial charge in [-0.25, -0.2) is 0 Å². The molecule has 1 unspecified atom stereocenters. The van der Waals surface area contributed by atoms with Crippen molar-refractivity contribution in [2.24, 2.45) is 5.92 Å². The van der Waals surface area contributed by atoms with Gasteiger partial charge in [0.25, 0.3) is 0 Å². The number of hydrogen-bond acceptors (Lipinski definition) is 3. The third kappa shape index (κ3) is 4.03.